The Balaban J connectivity index is 2.20. The van der Waals surface area contributed by atoms with E-state index in [4.69, 9.17) is 0 Å². The molecule has 87 valence electrons. The van der Waals surface area contributed by atoms with E-state index < -0.39 is 0 Å². The molecular weight excluding hydrogens is 188 g/mol. The van der Waals surface area contributed by atoms with Gasteiger partial charge in [0.25, 0.3) is 0 Å². The quantitative estimate of drug-likeness (QED) is 0.645. The van der Waals surface area contributed by atoms with Gasteiger partial charge in [0, 0.05) is 32.1 Å². The lowest BCUT2D eigenvalue weighted by atomic mass is 10.1. The SMILES string of the molecule is CCCCCCN1CCNCC1C[C]=O. The molecule has 0 bridgehead atoms. The van der Waals surface area contributed by atoms with Crippen LogP contribution in [0, 0.1) is 0 Å². The van der Waals surface area contributed by atoms with Crippen molar-refractivity contribution in [1.29, 1.82) is 0 Å². The number of rotatable bonds is 7. The fraction of sp³-hybridized carbons (Fsp3) is 0.917. The molecule has 3 heteroatoms. The van der Waals surface area contributed by atoms with Crippen molar-refractivity contribution < 1.29 is 4.79 Å². The van der Waals surface area contributed by atoms with Gasteiger partial charge < -0.3 is 5.32 Å². The van der Waals surface area contributed by atoms with Crippen LogP contribution in [0.2, 0.25) is 0 Å². The second-order valence-corrected chi connectivity index (χ2v) is 4.30. The van der Waals surface area contributed by atoms with Gasteiger partial charge >= 0.3 is 0 Å². The smallest absolute Gasteiger partial charge is 0.200 e. The highest BCUT2D eigenvalue weighted by molar-refractivity contribution is 5.51. The summed E-state index contributed by atoms with van der Waals surface area (Å²) in [5, 5.41) is 3.33. The molecular formula is C12H23N2O. The first-order valence-corrected chi connectivity index (χ1v) is 6.18. The lowest BCUT2D eigenvalue weighted by Gasteiger charge is -2.35. The number of hydrogen-bond acceptors (Lipinski definition) is 3. The summed E-state index contributed by atoms with van der Waals surface area (Å²) < 4.78 is 0. The van der Waals surface area contributed by atoms with Crippen molar-refractivity contribution in [2.45, 2.75) is 45.1 Å². The molecule has 1 aliphatic rings. The minimum Gasteiger partial charge on any atom is -0.314 e. The second kappa shape index (κ2) is 7.83. The number of nitrogens with one attached hydrogen (secondary N) is 1. The predicted molar refractivity (Wildman–Crippen MR) is 62.7 cm³/mol. The van der Waals surface area contributed by atoms with Gasteiger partial charge in [-0.1, -0.05) is 26.2 Å². The highest BCUT2D eigenvalue weighted by Crippen LogP contribution is 2.09. The lowest BCUT2D eigenvalue weighted by molar-refractivity contribution is 0.161. The van der Waals surface area contributed by atoms with Crippen molar-refractivity contribution in [1.82, 2.24) is 10.2 Å². The zero-order chi connectivity index (χ0) is 10.9. The Labute approximate surface area is 93.2 Å². The third-order valence-electron chi connectivity index (χ3n) is 3.09. The summed E-state index contributed by atoms with van der Waals surface area (Å²) >= 11 is 0. The van der Waals surface area contributed by atoms with E-state index in [-0.39, 0.29) is 0 Å². The number of hydrogen-bond donors (Lipinski definition) is 1. The third-order valence-corrected chi connectivity index (χ3v) is 3.09. The lowest BCUT2D eigenvalue weighted by Crippen LogP contribution is -2.51. The van der Waals surface area contributed by atoms with Gasteiger partial charge in [-0.3, -0.25) is 9.69 Å². The van der Waals surface area contributed by atoms with E-state index in [1.807, 2.05) is 6.29 Å². The largest absolute Gasteiger partial charge is 0.314 e. The number of piperazine rings is 1. The summed E-state index contributed by atoms with van der Waals surface area (Å²) in [6, 6.07) is 0.387. The van der Waals surface area contributed by atoms with Gasteiger partial charge in [0.15, 0.2) is 6.29 Å². The van der Waals surface area contributed by atoms with Crippen molar-refractivity contribution in [3.63, 3.8) is 0 Å². The van der Waals surface area contributed by atoms with Gasteiger partial charge in [-0.2, -0.15) is 0 Å². The fourth-order valence-electron chi connectivity index (χ4n) is 2.14. The molecule has 15 heavy (non-hydrogen) atoms. The van der Waals surface area contributed by atoms with E-state index in [1.165, 1.54) is 25.7 Å². The molecule has 1 atom stereocenters. The second-order valence-electron chi connectivity index (χ2n) is 4.30. The highest BCUT2D eigenvalue weighted by atomic mass is 16.1. The molecule has 1 rings (SSSR count). The van der Waals surface area contributed by atoms with E-state index in [0.717, 1.165) is 26.2 Å². The average molecular weight is 211 g/mol. The normalized spacial score (nSPS) is 22.9. The summed E-state index contributed by atoms with van der Waals surface area (Å²) in [5.41, 5.74) is 0. The van der Waals surface area contributed by atoms with Crippen molar-refractivity contribution in [3.8, 4) is 0 Å². The number of nitrogens with zero attached hydrogens (tertiary/aromatic N) is 1. The van der Waals surface area contributed by atoms with Gasteiger partial charge in [0.2, 0.25) is 0 Å². The monoisotopic (exact) mass is 211 g/mol. The van der Waals surface area contributed by atoms with E-state index in [1.54, 1.807) is 0 Å². The maximum absolute atomic E-state index is 10.4. The van der Waals surface area contributed by atoms with Gasteiger partial charge in [-0.25, -0.2) is 0 Å². The van der Waals surface area contributed by atoms with E-state index >= 15 is 0 Å². The maximum atomic E-state index is 10.4. The molecule has 1 radical (unpaired) electrons. The van der Waals surface area contributed by atoms with E-state index in [9.17, 15) is 4.79 Å². The number of unbranched alkanes of at least 4 members (excludes halogenated alkanes) is 3. The van der Waals surface area contributed by atoms with Crippen molar-refractivity contribution in [2.24, 2.45) is 0 Å². The number of carbonyl (C=O) groups excluding carboxylic acids is 1. The molecule has 1 unspecified atom stereocenters. The highest BCUT2D eigenvalue weighted by Gasteiger charge is 2.20. The zero-order valence-electron chi connectivity index (χ0n) is 9.80. The Morgan fingerprint density at radius 2 is 2.27 bits per heavy atom. The third kappa shape index (κ3) is 4.76. The van der Waals surface area contributed by atoms with Gasteiger partial charge in [-0.15, -0.1) is 0 Å². The Morgan fingerprint density at radius 3 is 3.00 bits per heavy atom. The predicted octanol–water partition coefficient (Wildman–Crippen LogP) is 1.34. The van der Waals surface area contributed by atoms with Crippen LogP contribution in [-0.4, -0.2) is 43.4 Å². The van der Waals surface area contributed by atoms with E-state index in [2.05, 4.69) is 17.1 Å². The van der Waals surface area contributed by atoms with Crippen molar-refractivity contribution >= 4 is 6.29 Å². The molecule has 3 nitrogen and oxygen atoms in total. The van der Waals surface area contributed by atoms with Gasteiger partial charge in [-0.05, 0) is 13.0 Å². The maximum Gasteiger partial charge on any atom is 0.200 e. The van der Waals surface area contributed by atoms with E-state index in [0.29, 0.717) is 12.5 Å². The Kier molecular flexibility index (Phi) is 6.60. The van der Waals surface area contributed by atoms with Crippen LogP contribution < -0.4 is 5.32 Å². The van der Waals surface area contributed by atoms with Crippen molar-refractivity contribution in [3.05, 3.63) is 0 Å². The molecule has 0 saturated carbocycles. The molecule has 1 heterocycles. The topological polar surface area (TPSA) is 32.3 Å². The van der Waals surface area contributed by atoms with Crippen LogP contribution in [0.5, 0.6) is 0 Å². The molecule has 1 fully saturated rings. The van der Waals surface area contributed by atoms with Gasteiger partial charge in [0.05, 0.1) is 0 Å². The van der Waals surface area contributed by atoms with Gasteiger partial charge in [0.1, 0.15) is 0 Å². The Hall–Kier alpha value is -0.410. The first-order chi connectivity index (χ1) is 7.38. The van der Waals surface area contributed by atoms with Crippen LogP contribution in [0.3, 0.4) is 0 Å². The molecule has 0 spiro atoms. The Morgan fingerprint density at radius 1 is 1.40 bits per heavy atom. The standard InChI is InChI=1S/C12H23N2O/c1-2-3-4-5-8-14-9-7-13-11-12(14)6-10-15/h12-13H,2-9,11H2,1H3. The fourth-order valence-corrected chi connectivity index (χ4v) is 2.14. The Bertz CT molecular complexity index is 173. The van der Waals surface area contributed by atoms with Crippen LogP contribution in [-0.2, 0) is 4.79 Å². The summed E-state index contributed by atoms with van der Waals surface area (Å²) in [5.74, 6) is 0. The molecule has 1 saturated heterocycles. The minimum absolute atomic E-state index is 0.387. The van der Waals surface area contributed by atoms with Crippen LogP contribution in [0.15, 0.2) is 0 Å². The molecule has 0 aromatic heterocycles. The molecule has 0 aromatic carbocycles. The molecule has 1 N–H and O–H groups in total. The molecule has 0 amide bonds. The molecule has 1 aliphatic heterocycles. The van der Waals surface area contributed by atoms with Crippen LogP contribution in [0.1, 0.15) is 39.0 Å². The summed E-state index contributed by atoms with van der Waals surface area (Å²) in [6.45, 7) is 6.47. The zero-order valence-corrected chi connectivity index (χ0v) is 9.80. The summed E-state index contributed by atoms with van der Waals surface area (Å²) in [7, 11) is 0. The first-order valence-electron chi connectivity index (χ1n) is 6.18. The summed E-state index contributed by atoms with van der Waals surface area (Å²) in [6.07, 6.45) is 7.79. The van der Waals surface area contributed by atoms with Crippen LogP contribution in [0.4, 0.5) is 0 Å². The first kappa shape index (κ1) is 12.7. The van der Waals surface area contributed by atoms with Crippen LogP contribution in [0.25, 0.3) is 0 Å². The molecule has 0 aromatic rings. The van der Waals surface area contributed by atoms with Crippen LogP contribution >= 0.6 is 0 Å². The summed E-state index contributed by atoms with van der Waals surface area (Å²) in [4.78, 5) is 12.9. The van der Waals surface area contributed by atoms with Crippen molar-refractivity contribution in [2.75, 3.05) is 26.2 Å². The minimum atomic E-state index is 0.387. The molecule has 0 aliphatic carbocycles. The average Bonchev–Trinajstić information content (AvgIpc) is 2.27.